The minimum atomic E-state index is 0.367. The van der Waals surface area contributed by atoms with E-state index in [4.69, 9.17) is 5.73 Å². The first-order valence-corrected chi connectivity index (χ1v) is 3.84. The van der Waals surface area contributed by atoms with Crippen LogP contribution in [0.1, 0.15) is 12.5 Å². The summed E-state index contributed by atoms with van der Waals surface area (Å²) in [7, 11) is 0. The second kappa shape index (κ2) is 3.98. The lowest BCUT2D eigenvalue weighted by molar-refractivity contribution is 1.03. The lowest BCUT2D eigenvalue weighted by atomic mass is 10.2. The monoisotopic (exact) mass is 149 g/mol. The van der Waals surface area contributed by atoms with E-state index in [0.29, 0.717) is 6.54 Å². The lowest BCUT2D eigenvalue weighted by Crippen LogP contribution is -1.96. The van der Waals surface area contributed by atoms with Gasteiger partial charge in [-0.05, 0) is 24.6 Å². The molecule has 0 fully saturated rings. The molecule has 1 rings (SSSR count). The number of benzene rings is 1. The summed E-state index contributed by atoms with van der Waals surface area (Å²) in [5.41, 5.74) is 9.29. The zero-order valence-corrected chi connectivity index (χ0v) is 6.72. The van der Waals surface area contributed by atoms with Gasteiger partial charge in [0, 0.05) is 18.8 Å². The number of hydrogen-bond acceptors (Lipinski definition) is 1. The lowest BCUT2D eigenvalue weighted by Gasteiger charge is -2.02. The highest BCUT2D eigenvalue weighted by molar-refractivity contribution is 5.44. The van der Waals surface area contributed by atoms with Gasteiger partial charge in [0.15, 0.2) is 0 Å². The molecule has 0 aliphatic heterocycles. The van der Waals surface area contributed by atoms with Crippen LogP contribution in [0.25, 0.3) is 0 Å². The van der Waals surface area contributed by atoms with Crippen LogP contribution in [0.15, 0.2) is 24.3 Å². The zero-order chi connectivity index (χ0) is 8.10. The fraction of sp³-hybridized carbons (Fsp3) is 0.333. The molecule has 0 amide bonds. The Morgan fingerprint density at radius 1 is 1.27 bits per heavy atom. The van der Waals surface area contributed by atoms with Gasteiger partial charge in [-0.3, -0.25) is 5.73 Å². The Hall–Kier alpha value is -1.02. The van der Waals surface area contributed by atoms with E-state index in [-0.39, 0.29) is 0 Å². The van der Waals surface area contributed by atoms with Gasteiger partial charge in [0.1, 0.15) is 0 Å². The van der Waals surface area contributed by atoms with Crippen molar-refractivity contribution in [3.8, 4) is 0 Å². The van der Waals surface area contributed by atoms with Crippen molar-refractivity contribution in [1.82, 2.24) is 5.73 Å². The van der Waals surface area contributed by atoms with Crippen LogP contribution >= 0.6 is 0 Å². The maximum atomic E-state index is 7.10. The zero-order valence-electron chi connectivity index (χ0n) is 6.72. The molecule has 0 aliphatic carbocycles. The van der Waals surface area contributed by atoms with Crippen LogP contribution in [0, 0.1) is 0 Å². The van der Waals surface area contributed by atoms with Crippen molar-refractivity contribution in [3.05, 3.63) is 29.8 Å². The molecule has 2 N–H and O–H groups in total. The van der Waals surface area contributed by atoms with Crippen molar-refractivity contribution in [2.75, 3.05) is 11.9 Å². The third kappa shape index (κ3) is 2.24. The molecule has 0 spiro atoms. The first-order chi connectivity index (χ1) is 5.36. The molecule has 0 saturated heterocycles. The summed E-state index contributed by atoms with van der Waals surface area (Å²) in [6.07, 6.45) is 0. The largest absolute Gasteiger partial charge is 0.385 e. The molecule has 1 radical (unpaired) electrons. The van der Waals surface area contributed by atoms with Gasteiger partial charge in [0.25, 0.3) is 0 Å². The van der Waals surface area contributed by atoms with Crippen LogP contribution in [-0.4, -0.2) is 6.54 Å². The van der Waals surface area contributed by atoms with Crippen molar-refractivity contribution in [1.29, 1.82) is 0 Å². The molecule has 2 heteroatoms. The van der Waals surface area contributed by atoms with Gasteiger partial charge in [-0.1, -0.05) is 12.1 Å². The van der Waals surface area contributed by atoms with E-state index in [1.54, 1.807) is 0 Å². The maximum Gasteiger partial charge on any atom is 0.0351 e. The quantitative estimate of drug-likeness (QED) is 0.700. The van der Waals surface area contributed by atoms with Crippen LogP contribution in [-0.2, 0) is 6.54 Å². The fourth-order valence-corrected chi connectivity index (χ4v) is 0.945. The van der Waals surface area contributed by atoms with Crippen molar-refractivity contribution in [2.24, 2.45) is 0 Å². The summed E-state index contributed by atoms with van der Waals surface area (Å²) in [5.74, 6) is 0. The third-order valence-corrected chi connectivity index (χ3v) is 1.54. The number of hydrogen-bond donors (Lipinski definition) is 1. The summed E-state index contributed by atoms with van der Waals surface area (Å²) < 4.78 is 0. The minimum Gasteiger partial charge on any atom is -0.385 e. The van der Waals surface area contributed by atoms with Gasteiger partial charge < -0.3 is 5.32 Å². The molecule has 0 saturated carbocycles. The Labute approximate surface area is 67.4 Å². The molecule has 59 valence electrons. The van der Waals surface area contributed by atoms with Crippen molar-refractivity contribution >= 4 is 5.69 Å². The second-order valence-electron chi connectivity index (χ2n) is 2.40. The van der Waals surface area contributed by atoms with E-state index in [1.807, 2.05) is 24.3 Å². The Kier molecular flexibility index (Phi) is 2.93. The average molecular weight is 149 g/mol. The molecule has 0 atom stereocenters. The molecule has 0 heterocycles. The first kappa shape index (κ1) is 8.08. The van der Waals surface area contributed by atoms with Gasteiger partial charge in [-0.25, -0.2) is 0 Å². The summed E-state index contributed by atoms with van der Waals surface area (Å²) in [4.78, 5) is 0. The fourth-order valence-electron chi connectivity index (χ4n) is 0.945. The van der Waals surface area contributed by atoms with Crippen molar-refractivity contribution in [3.63, 3.8) is 0 Å². The molecule has 1 aromatic rings. The summed E-state index contributed by atoms with van der Waals surface area (Å²) >= 11 is 0. The molecular weight excluding hydrogens is 136 g/mol. The first-order valence-electron chi connectivity index (χ1n) is 3.84. The number of anilines is 1. The van der Waals surface area contributed by atoms with Gasteiger partial charge in [-0.15, -0.1) is 0 Å². The summed E-state index contributed by atoms with van der Waals surface area (Å²) in [5, 5.41) is 3.20. The highest BCUT2D eigenvalue weighted by Gasteiger charge is 1.89. The Morgan fingerprint density at radius 2 is 1.91 bits per heavy atom. The van der Waals surface area contributed by atoms with Gasteiger partial charge in [-0.2, -0.15) is 0 Å². The van der Waals surface area contributed by atoms with Crippen molar-refractivity contribution < 1.29 is 0 Å². The topological polar surface area (TPSA) is 35.8 Å². The van der Waals surface area contributed by atoms with Crippen LogP contribution < -0.4 is 11.1 Å². The normalized spacial score (nSPS) is 9.64. The SMILES string of the molecule is CCNc1ccc(C[NH])cc1. The van der Waals surface area contributed by atoms with Gasteiger partial charge >= 0.3 is 0 Å². The number of nitrogens with one attached hydrogen (secondary N) is 2. The van der Waals surface area contributed by atoms with Crippen LogP contribution in [0.5, 0.6) is 0 Å². The third-order valence-electron chi connectivity index (χ3n) is 1.54. The van der Waals surface area contributed by atoms with E-state index >= 15 is 0 Å². The molecule has 0 aliphatic rings. The standard InChI is InChI=1S/C9H13N2/c1-2-11-9-5-3-8(7-10)4-6-9/h3-6,10-11H,2,7H2,1H3. The predicted octanol–water partition coefficient (Wildman–Crippen LogP) is 1.90. The molecule has 0 unspecified atom stereocenters. The molecule has 0 bridgehead atoms. The van der Waals surface area contributed by atoms with Crippen LogP contribution in [0.3, 0.4) is 0 Å². The van der Waals surface area contributed by atoms with E-state index < -0.39 is 0 Å². The van der Waals surface area contributed by atoms with E-state index in [0.717, 1.165) is 17.8 Å². The minimum absolute atomic E-state index is 0.367. The molecule has 2 nitrogen and oxygen atoms in total. The Balaban J connectivity index is 2.66. The summed E-state index contributed by atoms with van der Waals surface area (Å²) in [6.45, 7) is 3.38. The highest BCUT2D eigenvalue weighted by Crippen LogP contribution is 2.08. The molecule has 1 aromatic carbocycles. The molecule has 11 heavy (non-hydrogen) atoms. The van der Waals surface area contributed by atoms with E-state index in [9.17, 15) is 0 Å². The van der Waals surface area contributed by atoms with Crippen molar-refractivity contribution in [2.45, 2.75) is 13.5 Å². The Bertz CT molecular complexity index is 203. The number of rotatable bonds is 3. The predicted molar refractivity (Wildman–Crippen MR) is 47.4 cm³/mol. The van der Waals surface area contributed by atoms with Gasteiger partial charge in [0.05, 0.1) is 0 Å². The van der Waals surface area contributed by atoms with Gasteiger partial charge in [0.2, 0.25) is 0 Å². The van der Waals surface area contributed by atoms with E-state index in [2.05, 4.69) is 12.2 Å². The maximum absolute atomic E-state index is 7.10. The Morgan fingerprint density at radius 3 is 2.36 bits per heavy atom. The van der Waals surface area contributed by atoms with E-state index in [1.165, 1.54) is 0 Å². The summed E-state index contributed by atoms with van der Waals surface area (Å²) in [6, 6.07) is 7.97. The highest BCUT2D eigenvalue weighted by atomic mass is 14.8. The second-order valence-corrected chi connectivity index (χ2v) is 2.40. The molecular formula is C9H13N2. The van der Waals surface area contributed by atoms with Crippen LogP contribution in [0.4, 0.5) is 5.69 Å². The average Bonchev–Trinajstić information content (AvgIpc) is 2.07. The smallest absolute Gasteiger partial charge is 0.0351 e. The van der Waals surface area contributed by atoms with Crippen LogP contribution in [0.2, 0.25) is 0 Å². The molecule has 0 aromatic heterocycles.